The number of esters is 1. The number of rotatable bonds is 7. The van der Waals surface area contributed by atoms with Gasteiger partial charge in [-0.15, -0.1) is 0 Å². The Balaban J connectivity index is 2.40. The minimum atomic E-state index is -0.614. The van der Waals surface area contributed by atoms with Gasteiger partial charge in [0, 0.05) is 18.2 Å². The predicted molar refractivity (Wildman–Crippen MR) is 106 cm³/mol. The third kappa shape index (κ3) is 6.04. The normalized spacial score (nSPS) is 12.0. The number of hydrogen-bond acceptors (Lipinski definition) is 6. The fraction of sp³-hybridized carbons (Fsp3) is 0.200. The van der Waals surface area contributed by atoms with E-state index >= 15 is 0 Å². The highest BCUT2D eigenvalue weighted by Gasteiger charge is 2.10. The molecule has 2 aromatic carbocycles. The van der Waals surface area contributed by atoms with Gasteiger partial charge in [0.25, 0.3) is 0 Å². The molecule has 0 saturated heterocycles. The second-order valence-electron chi connectivity index (χ2n) is 5.58. The molecule has 0 spiro atoms. The first kappa shape index (κ1) is 20.3. The molecule has 0 fully saturated rings. The fourth-order valence-electron chi connectivity index (χ4n) is 2.26. The molecule has 3 N–H and O–H groups in total. The second-order valence-corrected chi connectivity index (χ2v) is 5.99. The van der Waals surface area contributed by atoms with Gasteiger partial charge in [0.15, 0.2) is 0 Å². The topological polar surface area (TPSA) is 94.1 Å². The van der Waals surface area contributed by atoms with Crippen molar-refractivity contribution in [3.05, 3.63) is 64.8 Å². The Morgan fingerprint density at radius 3 is 2.56 bits per heavy atom. The lowest BCUT2D eigenvalue weighted by Gasteiger charge is -2.08. The van der Waals surface area contributed by atoms with E-state index in [1.165, 1.54) is 6.08 Å². The summed E-state index contributed by atoms with van der Waals surface area (Å²) < 4.78 is 10.0. The Morgan fingerprint density at radius 1 is 1.26 bits per heavy atom. The minimum Gasteiger partial charge on any atom is -0.508 e. The molecule has 0 amide bonds. The molecule has 0 heterocycles. The number of hydrogen-bond donors (Lipinski definition) is 2. The lowest BCUT2D eigenvalue weighted by Crippen LogP contribution is -2.17. The average Bonchev–Trinajstić information content (AvgIpc) is 2.65. The molecule has 2 aromatic rings. The molecule has 0 bridgehead atoms. The summed E-state index contributed by atoms with van der Waals surface area (Å²) in [6.45, 7) is 1.93. The maximum absolute atomic E-state index is 11.8. The zero-order valence-electron chi connectivity index (χ0n) is 15.1. The van der Waals surface area contributed by atoms with E-state index in [2.05, 4.69) is 4.99 Å². The molecule has 0 aliphatic carbocycles. The van der Waals surface area contributed by atoms with Crippen LogP contribution in [0.25, 0.3) is 0 Å². The summed E-state index contributed by atoms with van der Waals surface area (Å²) in [4.78, 5) is 16.4. The third-order valence-corrected chi connectivity index (χ3v) is 3.88. The molecule has 6 nitrogen and oxygen atoms in total. The van der Waals surface area contributed by atoms with Crippen LogP contribution in [0.15, 0.2) is 59.2 Å². The summed E-state index contributed by atoms with van der Waals surface area (Å²) in [6, 6.07) is 11.8. The van der Waals surface area contributed by atoms with Crippen molar-refractivity contribution in [2.75, 3.05) is 13.7 Å². The number of phenolic OH excluding ortho intramolecular Hbond substituents is 1. The second kappa shape index (κ2) is 9.64. The first-order valence-electron chi connectivity index (χ1n) is 8.26. The van der Waals surface area contributed by atoms with Crippen molar-refractivity contribution in [2.45, 2.75) is 13.3 Å². The van der Waals surface area contributed by atoms with Crippen molar-refractivity contribution < 1.29 is 19.4 Å². The number of aliphatic imine (C=N–C) groups is 1. The van der Waals surface area contributed by atoms with Crippen LogP contribution in [-0.2, 0) is 16.0 Å². The molecule has 0 radical (unpaired) electrons. The van der Waals surface area contributed by atoms with E-state index in [0.717, 1.165) is 5.56 Å². The summed E-state index contributed by atoms with van der Waals surface area (Å²) in [5, 5.41) is 9.84. The maximum atomic E-state index is 11.8. The molecule has 2 rings (SSSR count). The molecular formula is C20H21ClN2O4. The summed E-state index contributed by atoms with van der Waals surface area (Å²) in [6.07, 6.45) is 1.84. The van der Waals surface area contributed by atoms with Gasteiger partial charge >= 0.3 is 5.97 Å². The molecule has 0 atom stereocenters. The van der Waals surface area contributed by atoms with Gasteiger partial charge in [0.05, 0.1) is 24.4 Å². The maximum Gasteiger partial charge on any atom is 0.354 e. The summed E-state index contributed by atoms with van der Waals surface area (Å²) in [5.74, 6) is 0.161. The van der Waals surface area contributed by atoms with Crippen LogP contribution in [0.3, 0.4) is 0 Å². The van der Waals surface area contributed by atoms with Crippen molar-refractivity contribution in [2.24, 2.45) is 10.7 Å². The number of ether oxygens (including phenoxy) is 2. The molecule has 142 valence electrons. The van der Waals surface area contributed by atoms with Crippen LogP contribution in [0.4, 0.5) is 5.69 Å². The van der Waals surface area contributed by atoms with Crippen LogP contribution in [0, 0.1) is 0 Å². The van der Waals surface area contributed by atoms with Crippen LogP contribution in [0.2, 0.25) is 5.02 Å². The molecule has 0 aliphatic rings. The molecule has 7 heteroatoms. The van der Waals surface area contributed by atoms with Crippen molar-refractivity contribution in [3.8, 4) is 11.5 Å². The Bertz CT molecular complexity index is 861. The van der Waals surface area contributed by atoms with Gasteiger partial charge in [-0.1, -0.05) is 23.7 Å². The van der Waals surface area contributed by atoms with E-state index in [0.29, 0.717) is 28.6 Å². The van der Waals surface area contributed by atoms with E-state index in [9.17, 15) is 9.90 Å². The van der Waals surface area contributed by atoms with Crippen LogP contribution < -0.4 is 10.5 Å². The minimum absolute atomic E-state index is 0.0565. The average molecular weight is 389 g/mol. The quantitative estimate of drug-likeness (QED) is 0.427. The van der Waals surface area contributed by atoms with Crippen LogP contribution in [0.5, 0.6) is 11.5 Å². The first-order chi connectivity index (χ1) is 12.9. The van der Waals surface area contributed by atoms with Crippen molar-refractivity contribution >= 4 is 29.0 Å². The Labute approximate surface area is 162 Å². The predicted octanol–water partition coefficient (Wildman–Crippen LogP) is 3.78. The van der Waals surface area contributed by atoms with Gasteiger partial charge in [0.2, 0.25) is 0 Å². The molecule has 0 unspecified atom stereocenters. The highest BCUT2D eigenvalue weighted by molar-refractivity contribution is 6.33. The van der Waals surface area contributed by atoms with Gasteiger partial charge in [-0.3, -0.25) is 4.99 Å². The molecule has 0 aliphatic heterocycles. The van der Waals surface area contributed by atoms with E-state index in [4.69, 9.17) is 26.8 Å². The van der Waals surface area contributed by atoms with E-state index < -0.39 is 5.97 Å². The number of carbonyl (C=O) groups excluding carboxylic acids is 1. The van der Waals surface area contributed by atoms with Gasteiger partial charge in [-0.25, -0.2) is 4.79 Å². The molecular weight excluding hydrogens is 368 g/mol. The standard InChI is InChI=1S/C20H21ClN2O4/c1-3-27-20(25)18(22)11-14(10-13-4-6-15(24)7-5-13)23-19-9-8-16(26-2)12-17(19)21/h4-9,11-12,24H,3,10,22H2,1-2H3. The van der Waals surface area contributed by atoms with Gasteiger partial charge in [-0.05, 0) is 42.8 Å². The van der Waals surface area contributed by atoms with Crippen molar-refractivity contribution in [3.63, 3.8) is 0 Å². The summed E-state index contributed by atoms with van der Waals surface area (Å²) in [5.41, 5.74) is 7.68. The number of methoxy groups -OCH3 is 1. The van der Waals surface area contributed by atoms with Crippen LogP contribution >= 0.6 is 11.6 Å². The third-order valence-electron chi connectivity index (χ3n) is 3.57. The highest BCUT2D eigenvalue weighted by Crippen LogP contribution is 2.29. The number of benzene rings is 2. The Kier molecular flexibility index (Phi) is 7.25. The highest BCUT2D eigenvalue weighted by atomic mass is 35.5. The lowest BCUT2D eigenvalue weighted by atomic mass is 10.1. The number of nitrogens with zero attached hydrogens (tertiary/aromatic N) is 1. The SMILES string of the molecule is CCOC(=O)C(N)=CC(Cc1ccc(O)cc1)=Nc1ccc(OC)cc1Cl. The number of allylic oxidation sites excluding steroid dienone is 1. The van der Waals surface area contributed by atoms with Gasteiger partial charge in [0.1, 0.15) is 17.2 Å². The van der Waals surface area contributed by atoms with Crippen molar-refractivity contribution in [1.82, 2.24) is 0 Å². The Hall–Kier alpha value is -2.99. The van der Waals surface area contributed by atoms with Crippen molar-refractivity contribution in [1.29, 1.82) is 0 Å². The first-order valence-corrected chi connectivity index (χ1v) is 8.64. The summed E-state index contributed by atoms with van der Waals surface area (Å²) >= 11 is 6.26. The van der Waals surface area contributed by atoms with E-state index in [-0.39, 0.29) is 18.1 Å². The van der Waals surface area contributed by atoms with Crippen LogP contribution in [-0.4, -0.2) is 30.5 Å². The van der Waals surface area contributed by atoms with Gasteiger partial charge in [-0.2, -0.15) is 0 Å². The number of phenols is 1. The molecule has 27 heavy (non-hydrogen) atoms. The number of carbonyl (C=O) groups is 1. The van der Waals surface area contributed by atoms with Crippen LogP contribution in [0.1, 0.15) is 12.5 Å². The van der Waals surface area contributed by atoms with Gasteiger partial charge < -0.3 is 20.3 Å². The monoisotopic (exact) mass is 388 g/mol. The summed E-state index contributed by atoms with van der Waals surface area (Å²) in [7, 11) is 1.55. The van der Waals surface area contributed by atoms with E-state index in [1.807, 2.05) is 0 Å². The number of halogens is 1. The Morgan fingerprint density at radius 2 is 1.96 bits per heavy atom. The molecule has 0 aromatic heterocycles. The number of nitrogens with two attached hydrogens (primary N) is 1. The smallest absolute Gasteiger partial charge is 0.354 e. The fourth-order valence-corrected chi connectivity index (χ4v) is 2.47. The number of aromatic hydroxyl groups is 1. The van der Waals surface area contributed by atoms with E-state index in [1.54, 1.807) is 56.5 Å². The largest absolute Gasteiger partial charge is 0.508 e. The molecule has 0 saturated carbocycles. The lowest BCUT2D eigenvalue weighted by molar-refractivity contribution is -0.138. The zero-order valence-corrected chi connectivity index (χ0v) is 15.9. The zero-order chi connectivity index (χ0) is 19.8.